The Morgan fingerprint density at radius 2 is 2.32 bits per heavy atom. The Bertz CT molecular complexity index is 611. The monoisotopic (exact) mass is 282 g/mol. The molecule has 1 aliphatic heterocycles. The SMILES string of the molecule is CN([C@@H]1CNC[C@H]1O)S(=O)(=O)c1cccnc1C#N. The van der Waals surface area contributed by atoms with Gasteiger partial charge < -0.3 is 10.4 Å². The molecule has 1 saturated heterocycles. The molecule has 0 unspecified atom stereocenters. The fraction of sp³-hybridized carbons (Fsp3) is 0.455. The van der Waals surface area contributed by atoms with Gasteiger partial charge in [0.05, 0.1) is 12.1 Å². The van der Waals surface area contributed by atoms with Crippen LogP contribution in [-0.2, 0) is 10.0 Å². The van der Waals surface area contributed by atoms with Gasteiger partial charge in [-0.2, -0.15) is 9.57 Å². The summed E-state index contributed by atoms with van der Waals surface area (Å²) in [5, 5.41) is 21.6. The summed E-state index contributed by atoms with van der Waals surface area (Å²) < 4.78 is 26.0. The van der Waals surface area contributed by atoms with Gasteiger partial charge in [-0.25, -0.2) is 13.4 Å². The summed E-state index contributed by atoms with van der Waals surface area (Å²) in [5.74, 6) is 0. The number of nitrogens with zero attached hydrogens (tertiary/aromatic N) is 3. The van der Waals surface area contributed by atoms with Crippen LogP contribution in [0.3, 0.4) is 0 Å². The lowest BCUT2D eigenvalue weighted by Crippen LogP contribution is -2.44. The predicted molar refractivity (Wildman–Crippen MR) is 66.6 cm³/mol. The molecule has 1 fully saturated rings. The number of sulfonamides is 1. The zero-order valence-corrected chi connectivity index (χ0v) is 11.1. The molecule has 2 atom stereocenters. The lowest BCUT2D eigenvalue weighted by atomic mass is 10.2. The zero-order chi connectivity index (χ0) is 14.0. The molecule has 7 nitrogen and oxygen atoms in total. The molecule has 19 heavy (non-hydrogen) atoms. The van der Waals surface area contributed by atoms with Crippen LogP contribution in [0.5, 0.6) is 0 Å². The standard InChI is InChI=1S/C11H14N4O3S/c1-15(9-6-13-7-10(9)16)19(17,18)11-3-2-4-14-8(11)5-12/h2-4,9-10,13,16H,6-7H2,1H3/t9-,10-/m1/s1. The Morgan fingerprint density at radius 3 is 2.89 bits per heavy atom. The van der Waals surface area contributed by atoms with Crippen LogP contribution in [0.25, 0.3) is 0 Å². The van der Waals surface area contributed by atoms with Gasteiger partial charge in [-0.15, -0.1) is 0 Å². The van der Waals surface area contributed by atoms with Crippen molar-refractivity contribution in [2.75, 3.05) is 20.1 Å². The minimum absolute atomic E-state index is 0.140. The third-order valence-corrected chi connectivity index (χ3v) is 5.07. The second-order valence-corrected chi connectivity index (χ2v) is 6.24. The van der Waals surface area contributed by atoms with Gasteiger partial charge in [0, 0.05) is 26.3 Å². The number of rotatable bonds is 3. The molecule has 0 saturated carbocycles. The van der Waals surface area contributed by atoms with E-state index in [1.54, 1.807) is 6.07 Å². The zero-order valence-electron chi connectivity index (χ0n) is 10.3. The van der Waals surface area contributed by atoms with E-state index >= 15 is 0 Å². The van der Waals surface area contributed by atoms with Crippen LogP contribution >= 0.6 is 0 Å². The second-order valence-electron chi connectivity index (χ2n) is 4.28. The third-order valence-electron chi connectivity index (χ3n) is 3.15. The molecule has 102 valence electrons. The Hall–Kier alpha value is -1.53. The van der Waals surface area contributed by atoms with Crippen molar-refractivity contribution in [3.63, 3.8) is 0 Å². The summed E-state index contributed by atoms with van der Waals surface area (Å²) >= 11 is 0. The number of aromatic nitrogens is 1. The number of aliphatic hydroxyl groups is 1. The van der Waals surface area contributed by atoms with Crippen molar-refractivity contribution in [1.82, 2.24) is 14.6 Å². The lowest BCUT2D eigenvalue weighted by Gasteiger charge is -2.25. The molecule has 0 spiro atoms. The maximum Gasteiger partial charge on any atom is 0.246 e. The lowest BCUT2D eigenvalue weighted by molar-refractivity contribution is 0.136. The van der Waals surface area contributed by atoms with Crippen LogP contribution in [-0.4, -0.2) is 55.1 Å². The second kappa shape index (κ2) is 5.22. The minimum atomic E-state index is -3.85. The highest BCUT2D eigenvalue weighted by atomic mass is 32.2. The van der Waals surface area contributed by atoms with Crippen molar-refractivity contribution in [1.29, 1.82) is 5.26 Å². The number of hydrogen-bond donors (Lipinski definition) is 2. The number of pyridine rings is 1. The first-order valence-electron chi connectivity index (χ1n) is 5.70. The topological polar surface area (TPSA) is 106 Å². The number of β-amino-alcohol motifs (C(OH)–C–C–N with tert-alkyl or cyclic N) is 1. The van der Waals surface area contributed by atoms with Crippen LogP contribution in [0.2, 0.25) is 0 Å². The van der Waals surface area contributed by atoms with Gasteiger partial charge in [0.15, 0.2) is 5.69 Å². The van der Waals surface area contributed by atoms with Crippen LogP contribution in [0.15, 0.2) is 23.2 Å². The average molecular weight is 282 g/mol. The molecule has 0 aliphatic carbocycles. The number of nitriles is 1. The molecule has 1 aromatic heterocycles. The molecular weight excluding hydrogens is 268 g/mol. The van der Waals surface area contributed by atoms with Gasteiger partial charge in [-0.1, -0.05) is 0 Å². The number of likely N-dealkylation sites (N-methyl/N-ethyl adjacent to an activating group) is 1. The van der Waals surface area contributed by atoms with E-state index in [4.69, 9.17) is 5.26 Å². The quantitative estimate of drug-likeness (QED) is 0.729. The van der Waals surface area contributed by atoms with Crippen LogP contribution in [0.1, 0.15) is 5.69 Å². The molecule has 8 heteroatoms. The molecule has 2 rings (SSSR count). The van der Waals surface area contributed by atoms with Crippen LogP contribution < -0.4 is 5.32 Å². The van der Waals surface area contributed by atoms with Crippen molar-refractivity contribution in [3.8, 4) is 6.07 Å². The first-order valence-corrected chi connectivity index (χ1v) is 7.14. The van der Waals surface area contributed by atoms with Crippen molar-refractivity contribution >= 4 is 10.0 Å². The largest absolute Gasteiger partial charge is 0.390 e. The maximum atomic E-state index is 12.4. The van der Waals surface area contributed by atoms with Gasteiger partial charge >= 0.3 is 0 Å². The van der Waals surface area contributed by atoms with E-state index in [2.05, 4.69) is 10.3 Å². The molecule has 0 bridgehead atoms. The summed E-state index contributed by atoms with van der Waals surface area (Å²) in [4.78, 5) is 3.61. The summed E-state index contributed by atoms with van der Waals surface area (Å²) in [6.45, 7) is 0.724. The van der Waals surface area contributed by atoms with E-state index in [0.717, 1.165) is 4.31 Å². The fourth-order valence-electron chi connectivity index (χ4n) is 2.04. The number of nitrogens with one attached hydrogen (secondary N) is 1. The molecule has 1 aromatic rings. The molecule has 0 amide bonds. The smallest absolute Gasteiger partial charge is 0.246 e. The summed E-state index contributed by atoms with van der Waals surface area (Å²) in [7, 11) is -2.46. The molecular formula is C11H14N4O3S. The molecule has 0 radical (unpaired) electrons. The van der Waals surface area contributed by atoms with Gasteiger partial charge in [0.25, 0.3) is 0 Å². The van der Waals surface area contributed by atoms with Crippen molar-refractivity contribution in [2.45, 2.75) is 17.0 Å². The van der Waals surface area contributed by atoms with Crippen LogP contribution in [0.4, 0.5) is 0 Å². The molecule has 0 aromatic carbocycles. The highest BCUT2D eigenvalue weighted by Crippen LogP contribution is 2.21. The van der Waals surface area contributed by atoms with Crippen molar-refractivity contribution in [3.05, 3.63) is 24.0 Å². The van der Waals surface area contributed by atoms with Gasteiger partial charge in [0.1, 0.15) is 11.0 Å². The normalized spacial score (nSPS) is 23.5. The predicted octanol–water partition coefficient (Wildman–Crippen LogP) is -1.09. The molecule has 2 heterocycles. The van der Waals surface area contributed by atoms with E-state index in [9.17, 15) is 13.5 Å². The Kier molecular flexibility index (Phi) is 3.82. The van der Waals surface area contributed by atoms with E-state index in [0.29, 0.717) is 13.1 Å². The highest BCUT2D eigenvalue weighted by Gasteiger charge is 2.36. The van der Waals surface area contributed by atoms with Crippen molar-refractivity contribution in [2.24, 2.45) is 0 Å². The van der Waals surface area contributed by atoms with E-state index in [1.807, 2.05) is 0 Å². The molecule has 2 N–H and O–H groups in total. The van der Waals surface area contributed by atoms with E-state index in [-0.39, 0.29) is 10.6 Å². The minimum Gasteiger partial charge on any atom is -0.390 e. The first kappa shape index (κ1) is 13.9. The first-order chi connectivity index (χ1) is 8.98. The summed E-state index contributed by atoms with van der Waals surface area (Å²) in [6.07, 6.45) is 0.603. The summed E-state index contributed by atoms with van der Waals surface area (Å²) in [5.41, 5.74) is -0.144. The van der Waals surface area contributed by atoms with Gasteiger partial charge in [-0.05, 0) is 12.1 Å². The Balaban J connectivity index is 2.40. The number of aliphatic hydroxyl groups excluding tert-OH is 1. The molecule has 1 aliphatic rings. The van der Waals surface area contributed by atoms with E-state index in [1.165, 1.54) is 25.4 Å². The van der Waals surface area contributed by atoms with Crippen LogP contribution in [0, 0.1) is 11.3 Å². The Morgan fingerprint density at radius 1 is 1.58 bits per heavy atom. The highest BCUT2D eigenvalue weighted by molar-refractivity contribution is 7.89. The van der Waals surface area contributed by atoms with E-state index < -0.39 is 22.2 Å². The Labute approximate surface area is 111 Å². The summed E-state index contributed by atoms with van der Waals surface area (Å²) in [6, 6.07) is 4.02. The average Bonchev–Trinajstić information content (AvgIpc) is 2.83. The maximum absolute atomic E-state index is 12.4. The third kappa shape index (κ3) is 2.46. The fourth-order valence-corrected chi connectivity index (χ4v) is 3.51. The van der Waals surface area contributed by atoms with Gasteiger partial charge in [-0.3, -0.25) is 0 Å². The van der Waals surface area contributed by atoms with Gasteiger partial charge in [0.2, 0.25) is 10.0 Å². The van der Waals surface area contributed by atoms with Crippen molar-refractivity contribution < 1.29 is 13.5 Å². The number of hydrogen-bond acceptors (Lipinski definition) is 6.